The standard InChI is InChI=1S/C16H23N5O/c1-4-15(20(3)5-2)16(22)18-10-13-6-8-14(9-7-13)21-12-17-11-19-21/h6-9,11-12,15H,4-5,10H2,1-3H3,(H,18,22). The van der Waals surface area contributed by atoms with Gasteiger partial charge in [0.25, 0.3) is 0 Å². The average molecular weight is 301 g/mol. The molecule has 0 saturated carbocycles. The number of carbonyl (C=O) groups is 1. The van der Waals surface area contributed by atoms with Gasteiger partial charge < -0.3 is 5.32 Å². The average Bonchev–Trinajstić information content (AvgIpc) is 3.08. The Morgan fingerprint density at radius 2 is 2.05 bits per heavy atom. The molecule has 0 aliphatic rings. The second kappa shape index (κ2) is 7.70. The maximum Gasteiger partial charge on any atom is 0.237 e. The van der Waals surface area contributed by atoms with Gasteiger partial charge in [-0.15, -0.1) is 0 Å². The Labute approximate surface area is 131 Å². The molecule has 1 heterocycles. The van der Waals surface area contributed by atoms with Crippen molar-refractivity contribution in [3.05, 3.63) is 42.5 Å². The molecule has 0 fully saturated rings. The third kappa shape index (κ3) is 3.92. The van der Waals surface area contributed by atoms with Gasteiger partial charge in [-0.3, -0.25) is 9.69 Å². The lowest BCUT2D eigenvalue weighted by atomic mass is 10.1. The lowest BCUT2D eigenvalue weighted by Gasteiger charge is -2.24. The van der Waals surface area contributed by atoms with E-state index < -0.39 is 0 Å². The van der Waals surface area contributed by atoms with E-state index in [9.17, 15) is 4.79 Å². The van der Waals surface area contributed by atoms with Crippen molar-refractivity contribution >= 4 is 5.91 Å². The van der Waals surface area contributed by atoms with Gasteiger partial charge in [0.15, 0.2) is 0 Å². The van der Waals surface area contributed by atoms with Crippen LogP contribution >= 0.6 is 0 Å². The van der Waals surface area contributed by atoms with Crippen LogP contribution in [0.1, 0.15) is 25.8 Å². The van der Waals surface area contributed by atoms with Crippen molar-refractivity contribution < 1.29 is 4.79 Å². The Morgan fingerprint density at radius 1 is 1.32 bits per heavy atom. The molecule has 0 aliphatic carbocycles. The molecular weight excluding hydrogens is 278 g/mol. The van der Waals surface area contributed by atoms with Gasteiger partial charge in [-0.2, -0.15) is 5.10 Å². The highest BCUT2D eigenvalue weighted by Gasteiger charge is 2.19. The minimum absolute atomic E-state index is 0.0700. The summed E-state index contributed by atoms with van der Waals surface area (Å²) in [5.41, 5.74) is 2.01. The third-order valence-corrected chi connectivity index (χ3v) is 3.81. The summed E-state index contributed by atoms with van der Waals surface area (Å²) in [6.07, 6.45) is 3.97. The highest BCUT2D eigenvalue weighted by molar-refractivity contribution is 5.81. The fourth-order valence-electron chi connectivity index (χ4n) is 2.33. The van der Waals surface area contributed by atoms with E-state index in [1.807, 2.05) is 38.2 Å². The lowest BCUT2D eigenvalue weighted by molar-refractivity contribution is -0.126. The van der Waals surface area contributed by atoms with Crippen LogP contribution in [0.25, 0.3) is 5.69 Å². The summed E-state index contributed by atoms with van der Waals surface area (Å²) in [6.45, 7) is 5.48. The van der Waals surface area contributed by atoms with Crippen molar-refractivity contribution in [2.45, 2.75) is 32.9 Å². The summed E-state index contributed by atoms with van der Waals surface area (Å²) in [6, 6.07) is 7.83. The smallest absolute Gasteiger partial charge is 0.237 e. The van der Waals surface area contributed by atoms with Gasteiger partial charge >= 0.3 is 0 Å². The molecule has 2 aromatic rings. The van der Waals surface area contributed by atoms with E-state index >= 15 is 0 Å². The Balaban J connectivity index is 1.93. The van der Waals surface area contributed by atoms with E-state index in [1.165, 1.54) is 6.33 Å². The first kappa shape index (κ1) is 16.2. The lowest BCUT2D eigenvalue weighted by Crippen LogP contribution is -2.44. The molecular formula is C16H23N5O. The Morgan fingerprint density at radius 3 is 2.59 bits per heavy atom. The van der Waals surface area contributed by atoms with Crippen LogP contribution < -0.4 is 5.32 Å². The van der Waals surface area contributed by atoms with Crippen LogP contribution in [0.4, 0.5) is 0 Å². The fraction of sp³-hybridized carbons (Fsp3) is 0.438. The molecule has 0 bridgehead atoms. The highest BCUT2D eigenvalue weighted by atomic mass is 16.2. The van der Waals surface area contributed by atoms with E-state index in [4.69, 9.17) is 0 Å². The molecule has 1 atom stereocenters. The van der Waals surface area contributed by atoms with E-state index in [0.717, 1.165) is 24.2 Å². The molecule has 0 spiro atoms. The number of nitrogens with one attached hydrogen (secondary N) is 1. The summed E-state index contributed by atoms with van der Waals surface area (Å²) >= 11 is 0. The van der Waals surface area contributed by atoms with Crippen LogP contribution in [-0.4, -0.2) is 45.2 Å². The molecule has 1 aromatic heterocycles. The monoisotopic (exact) mass is 301 g/mol. The van der Waals surface area contributed by atoms with Gasteiger partial charge in [-0.1, -0.05) is 26.0 Å². The Kier molecular flexibility index (Phi) is 5.66. The zero-order valence-electron chi connectivity index (χ0n) is 13.4. The van der Waals surface area contributed by atoms with Gasteiger partial charge in [0.05, 0.1) is 11.7 Å². The van der Waals surface area contributed by atoms with Crippen molar-refractivity contribution in [3.8, 4) is 5.69 Å². The topological polar surface area (TPSA) is 63.1 Å². The number of nitrogens with zero attached hydrogens (tertiary/aromatic N) is 4. The molecule has 1 N–H and O–H groups in total. The summed E-state index contributed by atoms with van der Waals surface area (Å²) in [7, 11) is 1.97. The number of hydrogen-bond acceptors (Lipinski definition) is 4. The van der Waals surface area contributed by atoms with Crippen LogP contribution in [-0.2, 0) is 11.3 Å². The minimum atomic E-state index is -0.0700. The molecule has 0 aliphatic heterocycles. The van der Waals surface area contributed by atoms with Crippen LogP contribution in [0, 0.1) is 0 Å². The van der Waals surface area contributed by atoms with E-state index in [0.29, 0.717) is 6.54 Å². The van der Waals surface area contributed by atoms with Crippen molar-refractivity contribution in [2.24, 2.45) is 0 Å². The van der Waals surface area contributed by atoms with Crippen LogP contribution in [0.2, 0.25) is 0 Å². The van der Waals surface area contributed by atoms with Crippen molar-refractivity contribution in [2.75, 3.05) is 13.6 Å². The molecule has 118 valence electrons. The molecule has 6 nitrogen and oxygen atoms in total. The maximum absolute atomic E-state index is 12.2. The molecule has 2 rings (SSSR count). The molecule has 22 heavy (non-hydrogen) atoms. The molecule has 1 amide bonds. The second-order valence-corrected chi connectivity index (χ2v) is 5.22. The molecule has 6 heteroatoms. The first-order chi connectivity index (χ1) is 10.7. The molecule has 1 unspecified atom stereocenters. The summed E-state index contributed by atoms with van der Waals surface area (Å²) in [5, 5.41) is 7.09. The summed E-state index contributed by atoms with van der Waals surface area (Å²) in [4.78, 5) is 18.2. The third-order valence-electron chi connectivity index (χ3n) is 3.81. The number of likely N-dealkylation sites (N-methyl/N-ethyl adjacent to an activating group) is 1. The number of hydrogen-bond donors (Lipinski definition) is 1. The van der Waals surface area contributed by atoms with E-state index in [-0.39, 0.29) is 11.9 Å². The zero-order valence-corrected chi connectivity index (χ0v) is 13.4. The summed E-state index contributed by atoms with van der Waals surface area (Å²) < 4.78 is 1.70. The SMILES string of the molecule is CCC(C(=O)NCc1ccc(-n2cncn2)cc1)N(C)CC. The van der Waals surface area contributed by atoms with Crippen LogP contribution in [0.15, 0.2) is 36.9 Å². The van der Waals surface area contributed by atoms with Gasteiger partial charge in [-0.05, 0) is 37.7 Å². The predicted molar refractivity (Wildman–Crippen MR) is 85.6 cm³/mol. The quantitative estimate of drug-likeness (QED) is 0.844. The normalized spacial score (nSPS) is 12.4. The molecule has 0 saturated heterocycles. The highest BCUT2D eigenvalue weighted by Crippen LogP contribution is 2.08. The van der Waals surface area contributed by atoms with Crippen LogP contribution in [0.5, 0.6) is 0 Å². The number of rotatable bonds is 7. The minimum Gasteiger partial charge on any atom is -0.351 e. The number of carbonyl (C=O) groups excluding carboxylic acids is 1. The van der Waals surface area contributed by atoms with Crippen molar-refractivity contribution in [1.29, 1.82) is 0 Å². The van der Waals surface area contributed by atoms with E-state index in [1.54, 1.807) is 11.0 Å². The van der Waals surface area contributed by atoms with Crippen LogP contribution in [0.3, 0.4) is 0 Å². The van der Waals surface area contributed by atoms with Gasteiger partial charge in [0, 0.05) is 6.54 Å². The van der Waals surface area contributed by atoms with Gasteiger partial charge in [0.2, 0.25) is 5.91 Å². The van der Waals surface area contributed by atoms with Crippen molar-refractivity contribution in [1.82, 2.24) is 25.0 Å². The fourth-order valence-corrected chi connectivity index (χ4v) is 2.33. The van der Waals surface area contributed by atoms with Gasteiger partial charge in [-0.25, -0.2) is 9.67 Å². The predicted octanol–water partition coefficient (Wildman–Crippen LogP) is 1.61. The van der Waals surface area contributed by atoms with E-state index in [2.05, 4.69) is 27.2 Å². The summed E-state index contributed by atoms with van der Waals surface area (Å²) in [5.74, 6) is 0.0761. The Bertz CT molecular complexity index is 579. The zero-order chi connectivity index (χ0) is 15.9. The Hall–Kier alpha value is -2.21. The van der Waals surface area contributed by atoms with Gasteiger partial charge in [0.1, 0.15) is 12.7 Å². The molecule has 1 aromatic carbocycles. The molecule has 0 radical (unpaired) electrons. The first-order valence-corrected chi connectivity index (χ1v) is 7.57. The van der Waals surface area contributed by atoms with Crippen molar-refractivity contribution in [3.63, 3.8) is 0 Å². The maximum atomic E-state index is 12.2. The largest absolute Gasteiger partial charge is 0.351 e. The number of aromatic nitrogens is 3. The number of benzene rings is 1. The second-order valence-electron chi connectivity index (χ2n) is 5.22. The number of amides is 1. The first-order valence-electron chi connectivity index (χ1n) is 7.57.